The molecule has 3 amide bonds. The Hall–Kier alpha value is -2.08. The highest BCUT2D eigenvalue weighted by atomic mass is 16.5. The van der Waals surface area contributed by atoms with Gasteiger partial charge in [0.2, 0.25) is 5.91 Å². The molecule has 1 aliphatic heterocycles. The predicted molar refractivity (Wildman–Crippen MR) is 89.6 cm³/mol. The Morgan fingerprint density at radius 1 is 1.26 bits per heavy atom. The third kappa shape index (κ3) is 4.96. The topological polar surface area (TPSA) is 61.9 Å². The molecular formula is C17H25N3O3. The van der Waals surface area contributed by atoms with Crippen LogP contribution in [-0.2, 0) is 9.53 Å². The number of aryl methyl sites for hydroxylation is 1. The molecule has 0 saturated carbocycles. The molecule has 2 rings (SSSR count). The Morgan fingerprint density at radius 2 is 2.00 bits per heavy atom. The second-order valence-electron chi connectivity index (χ2n) is 5.59. The van der Waals surface area contributed by atoms with Crippen molar-refractivity contribution in [3.05, 3.63) is 29.8 Å². The number of carbonyl (C=O) groups excluding carboxylic acids is 2. The van der Waals surface area contributed by atoms with Gasteiger partial charge < -0.3 is 15.0 Å². The summed E-state index contributed by atoms with van der Waals surface area (Å²) in [4.78, 5) is 27.6. The van der Waals surface area contributed by atoms with E-state index in [1.165, 1.54) is 0 Å². The molecular weight excluding hydrogens is 294 g/mol. The van der Waals surface area contributed by atoms with Gasteiger partial charge in [-0.3, -0.25) is 9.69 Å². The van der Waals surface area contributed by atoms with Crippen molar-refractivity contribution >= 4 is 17.6 Å². The van der Waals surface area contributed by atoms with Crippen molar-refractivity contribution in [2.45, 2.75) is 20.3 Å². The number of hydrogen-bond donors (Lipinski definition) is 1. The van der Waals surface area contributed by atoms with Crippen LogP contribution in [0.25, 0.3) is 0 Å². The summed E-state index contributed by atoms with van der Waals surface area (Å²) in [5.74, 6) is -0.124. The standard InChI is InChI=1S/C17H25N3O3/c1-3-23-12-4-9-18-16(21)13-19-10-11-20(17(19)22)15-7-5-14(2)6-8-15/h5-8H,3-4,9-13H2,1-2H3,(H,18,21). The van der Waals surface area contributed by atoms with Crippen LogP contribution in [-0.4, -0.2) is 56.2 Å². The van der Waals surface area contributed by atoms with Crippen LogP contribution < -0.4 is 10.2 Å². The first-order chi connectivity index (χ1) is 11.1. The van der Waals surface area contributed by atoms with Gasteiger partial charge in [-0.2, -0.15) is 0 Å². The SMILES string of the molecule is CCOCCCNC(=O)CN1CCN(c2ccc(C)cc2)C1=O. The second kappa shape index (κ2) is 8.53. The molecule has 0 aliphatic carbocycles. The highest BCUT2D eigenvalue weighted by molar-refractivity contribution is 5.96. The fourth-order valence-corrected chi connectivity index (χ4v) is 2.47. The summed E-state index contributed by atoms with van der Waals surface area (Å²) in [6.45, 7) is 7.14. The zero-order valence-corrected chi connectivity index (χ0v) is 13.9. The molecule has 0 radical (unpaired) electrons. The normalized spacial score (nSPS) is 14.4. The maximum atomic E-state index is 12.4. The number of amides is 3. The van der Waals surface area contributed by atoms with E-state index in [2.05, 4.69) is 5.32 Å². The summed E-state index contributed by atoms with van der Waals surface area (Å²) in [7, 11) is 0. The number of anilines is 1. The number of rotatable bonds is 8. The van der Waals surface area contributed by atoms with Gasteiger partial charge in [0.15, 0.2) is 0 Å². The van der Waals surface area contributed by atoms with E-state index in [1.807, 2.05) is 38.1 Å². The first-order valence-electron chi connectivity index (χ1n) is 8.09. The summed E-state index contributed by atoms with van der Waals surface area (Å²) in [6, 6.07) is 7.72. The zero-order chi connectivity index (χ0) is 16.7. The second-order valence-corrected chi connectivity index (χ2v) is 5.59. The molecule has 1 aromatic rings. The van der Waals surface area contributed by atoms with Gasteiger partial charge in [0.05, 0.1) is 0 Å². The van der Waals surface area contributed by atoms with Crippen LogP contribution in [0.2, 0.25) is 0 Å². The Morgan fingerprint density at radius 3 is 2.70 bits per heavy atom. The Labute approximate surface area is 137 Å². The molecule has 0 bridgehead atoms. The molecule has 1 heterocycles. The summed E-state index contributed by atoms with van der Waals surface area (Å²) in [6.07, 6.45) is 0.781. The third-order valence-corrected chi connectivity index (χ3v) is 3.77. The number of nitrogens with one attached hydrogen (secondary N) is 1. The Bertz CT molecular complexity index is 530. The molecule has 0 spiro atoms. The quantitative estimate of drug-likeness (QED) is 0.743. The van der Waals surface area contributed by atoms with Crippen molar-refractivity contribution in [1.29, 1.82) is 0 Å². The molecule has 1 saturated heterocycles. The van der Waals surface area contributed by atoms with Crippen LogP contribution in [0.3, 0.4) is 0 Å². The number of carbonyl (C=O) groups is 2. The number of ether oxygens (including phenoxy) is 1. The van der Waals surface area contributed by atoms with E-state index in [9.17, 15) is 9.59 Å². The summed E-state index contributed by atoms with van der Waals surface area (Å²) >= 11 is 0. The van der Waals surface area contributed by atoms with E-state index in [4.69, 9.17) is 4.74 Å². The first kappa shape index (κ1) is 17.3. The lowest BCUT2D eigenvalue weighted by molar-refractivity contribution is -0.121. The van der Waals surface area contributed by atoms with Gasteiger partial charge >= 0.3 is 6.03 Å². The predicted octanol–water partition coefficient (Wildman–Crippen LogP) is 1.78. The molecule has 1 fully saturated rings. The Kier molecular flexibility index (Phi) is 6.40. The van der Waals surface area contributed by atoms with Crippen LogP contribution in [0, 0.1) is 6.92 Å². The lowest BCUT2D eigenvalue weighted by Crippen LogP contribution is -2.40. The maximum absolute atomic E-state index is 12.4. The van der Waals surface area contributed by atoms with Crippen LogP contribution in [0.1, 0.15) is 18.9 Å². The summed E-state index contributed by atoms with van der Waals surface area (Å²) in [5.41, 5.74) is 2.03. The molecule has 1 N–H and O–H groups in total. The molecule has 23 heavy (non-hydrogen) atoms. The minimum absolute atomic E-state index is 0.107. The van der Waals surface area contributed by atoms with Crippen molar-refractivity contribution in [3.8, 4) is 0 Å². The van der Waals surface area contributed by atoms with E-state index >= 15 is 0 Å². The van der Waals surface area contributed by atoms with Gasteiger partial charge in [0, 0.05) is 38.5 Å². The van der Waals surface area contributed by atoms with E-state index < -0.39 is 0 Å². The van der Waals surface area contributed by atoms with Gasteiger partial charge in [0.25, 0.3) is 0 Å². The number of hydrogen-bond acceptors (Lipinski definition) is 3. The number of benzene rings is 1. The van der Waals surface area contributed by atoms with Crippen molar-refractivity contribution in [1.82, 2.24) is 10.2 Å². The average molecular weight is 319 g/mol. The minimum atomic E-state index is -0.124. The van der Waals surface area contributed by atoms with E-state index in [0.717, 1.165) is 17.7 Å². The van der Waals surface area contributed by atoms with Crippen molar-refractivity contribution in [2.75, 3.05) is 44.3 Å². The van der Waals surface area contributed by atoms with Crippen molar-refractivity contribution in [3.63, 3.8) is 0 Å². The fourth-order valence-electron chi connectivity index (χ4n) is 2.47. The third-order valence-electron chi connectivity index (χ3n) is 3.77. The van der Waals surface area contributed by atoms with E-state index in [1.54, 1.807) is 9.80 Å². The summed E-state index contributed by atoms with van der Waals surface area (Å²) in [5, 5.41) is 2.82. The smallest absolute Gasteiger partial charge is 0.325 e. The van der Waals surface area contributed by atoms with Gasteiger partial charge in [-0.15, -0.1) is 0 Å². The lowest BCUT2D eigenvalue weighted by atomic mass is 10.2. The largest absolute Gasteiger partial charge is 0.382 e. The van der Waals surface area contributed by atoms with Crippen LogP contribution >= 0.6 is 0 Å². The van der Waals surface area contributed by atoms with Gasteiger partial charge in [-0.25, -0.2) is 4.79 Å². The monoisotopic (exact) mass is 319 g/mol. The molecule has 6 nitrogen and oxygen atoms in total. The van der Waals surface area contributed by atoms with E-state index in [-0.39, 0.29) is 18.5 Å². The first-order valence-corrected chi connectivity index (χ1v) is 8.09. The highest BCUT2D eigenvalue weighted by Crippen LogP contribution is 2.20. The fraction of sp³-hybridized carbons (Fsp3) is 0.529. The number of urea groups is 1. The molecule has 0 unspecified atom stereocenters. The van der Waals surface area contributed by atoms with Gasteiger partial charge in [0.1, 0.15) is 6.54 Å². The van der Waals surface area contributed by atoms with Gasteiger partial charge in [-0.05, 0) is 32.4 Å². The molecule has 0 aromatic heterocycles. The molecule has 1 aromatic carbocycles. The van der Waals surface area contributed by atoms with Crippen molar-refractivity contribution < 1.29 is 14.3 Å². The molecule has 126 valence electrons. The lowest BCUT2D eigenvalue weighted by Gasteiger charge is -2.18. The maximum Gasteiger partial charge on any atom is 0.325 e. The Balaban J connectivity index is 1.78. The van der Waals surface area contributed by atoms with Crippen LogP contribution in [0.4, 0.5) is 10.5 Å². The molecule has 0 atom stereocenters. The summed E-state index contributed by atoms with van der Waals surface area (Å²) < 4.78 is 5.21. The van der Waals surface area contributed by atoms with Crippen LogP contribution in [0.5, 0.6) is 0 Å². The minimum Gasteiger partial charge on any atom is -0.382 e. The molecule has 1 aliphatic rings. The number of nitrogens with zero attached hydrogens (tertiary/aromatic N) is 2. The highest BCUT2D eigenvalue weighted by Gasteiger charge is 2.30. The average Bonchev–Trinajstić information content (AvgIpc) is 2.89. The van der Waals surface area contributed by atoms with Crippen molar-refractivity contribution in [2.24, 2.45) is 0 Å². The van der Waals surface area contributed by atoms with Gasteiger partial charge in [-0.1, -0.05) is 17.7 Å². The zero-order valence-electron chi connectivity index (χ0n) is 13.9. The van der Waals surface area contributed by atoms with E-state index in [0.29, 0.717) is 32.8 Å². The molecule has 6 heteroatoms. The van der Waals surface area contributed by atoms with Crippen LogP contribution in [0.15, 0.2) is 24.3 Å².